The van der Waals surface area contributed by atoms with Gasteiger partial charge in [0.2, 0.25) is 17.5 Å². The van der Waals surface area contributed by atoms with Crippen LogP contribution in [0.3, 0.4) is 0 Å². The van der Waals surface area contributed by atoms with E-state index in [2.05, 4.69) is 16.3 Å². The van der Waals surface area contributed by atoms with Crippen LogP contribution in [0, 0.1) is 11.3 Å². The maximum atomic E-state index is 9.89. The summed E-state index contributed by atoms with van der Waals surface area (Å²) in [6.07, 6.45) is 0. The third kappa shape index (κ3) is 3.36. The van der Waals surface area contributed by atoms with Gasteiger partial charge in [0.15, 0.2) is 11.5 Å². The molecular weight excluding hydrogens is 455 g/mol. The Labute approximate surface area is 194 Å². The summed E-state index contributed by atoms with van der Waals surface area (Å²) in [6.45, 7) is 0. The van der Waals surface area contributed by atoms with Crippen molar-refractivity contribution in [2.24, 2.45) is 5.73 Å². The van der Waals surface area contributed by atoms with Gasteiger partial charge in [-0.05, 0) is 24.3 Å². The number of hydrogen-bond acceptors (Lipinski definition) is 7. The van der Waals surface area contributed by atoms with Gasteiger partial charge in [-0.15, -0.1) is 5.10 Å². The van der Waals surface area contributed by atoms with E-state index in [9.17, 15) is 5.26 Å². The fourth-order valence-electron chi connectivity index (χ4n) is 3.77. The highest BCUT2D eigenvalue weighted by atomic mass is 35.5. The number of nitrogens with zero attached hydrogens (tertiary/aromatic N) is 2. The summed E-state index contributed by atoms with van der Waals surface area (Å²) in [6, 6.07) is 10.8. The lowest BCUT2D eigenvalue weighted by Crippen LogP contribution is -2.21. The number of allylic oxidation sites excluding steroid dienone is 1. The number of rotatable bonds is 5. The van der Waals surface area contributed by atoms with Crippen molar-refractivity contribution in [2.75, 3.05) is 21.3 Å². The van der Waals surface area contributed by atoms with Gasteiger partial charge in [0, 0.05) is 21.2 Å². The topological polar surface area (TPSA) is 115 Å². The second kappa shape index (κ2) is 8.54. The number of nitrogens with one attached hydrogen (secondary N) is 1. The van der Waals surface area contributed by atoms with Crippen LogP contribution >= 0.6 is 23.2 Å². The number of ether oxygens (including phenoxy) is 4. The van der Waals surface area contributed by atoms with E-state index in [-0.39, 0.29) is 17.3 Å². The summed E-state index contributed by atoms with van der Waals surface area (Å²) in [5.41, 5.74) is 8.51. The molecule has 0 amide bonds. The number of nitriles is 1. The van der Waals surface area contributed by atoms with Crippen molar-refractivity contribution < 1.29 is 18.9 Å². The fraction of sp³-hybridized carbons (Fsp3) is 0.182. The standard InChI is InChI=1S/C22H18Cl2N4O4/c1-29-14-7-10(8-15(30-2)20(14)31-3)19-18-16(17-12(23)5-4-6-13(17)24)11(9-25)21(26)32-22(18)28-27-19/h4-8,16H,26H2,1-3H3,(H,27,28)/t16-/m1/s1. The lowest BCUT2D eigenvalue weighted by Gasteiger charge is -2.25. The molecule has 0 fully saturated rings. The summed E-state index contributed by atoms with van der Waals surface area (Å²) in [5.74, 6) is 0.776. The molecule has 1 aliphatic rings. The summed E-state index contributed by atoms with van der Waals surface area (Å²) in [4.78, 5) is 0. The van der Waals surface area contributed by atoms with E-state index < -0.39 is 5.92 Å². The highest BCUT2D eigenvalue weighted by Crippen LogP contribution is 2.50. The number of hydrogen-bond donors (Lipinski definition) is 2. The number of aromatic nitrogens is 2. The van der Waals surface area contributed by atoms with Gasteiger partial charge in [-0.3, -0.25) is 5.10 Å². The maximum Gasteiger partial charge on any atom is 0.244 e. The molecular formula is C22H18Cl2N4O4. The van der Waals surface area contributed by atoms with E-state index in [0.29, 0.717) is 49.7 Å². The van der Waals surface area contributed by atoms with Crippen LogP contribution < -0.4 is 24.7 Å². The molecule has 4 rings (SSSR count). The van der Waals surface area contributed by atoms with Gasteiger partial charge in [-0.1, -0.05) is 29.3 Å². The van der Waals surface area contributed by atoms with Gasteiger partial charge in [-0.2, -0.15) is 5.26 Å². The molecule has 0 spiro atoms. The molecule has 3 aromatic rings. The van der Waals surface area contributed by atoms with Crippen molar-refractivity contribution in [3.63, 3.8) is 0 Å². The Bertz CT molecular complexity index is 1230. The highest BCUT2D eigenvalue weighted by molar-refractivity contribution is 6.36. The van der Waals surface area contributed by atoms with Crippen molar-refractivity contribution in [1.82, 2.24) is 10.2 Å². The van der Waals surface area contributed by atoms with Crippen LogP contribution in [0.4, 0.5) is 0 Å². The zero-order valence-corrected chi connectivity index (χ0v) is 18.8. The van der Waals surface area contributed by atoms with Crippen molar-refractivity contribution >= 4 is 23.2 Å². The quantitative estimate of drug-likeness (QED) is 0.555. The van der Waals surface area contributed by atoms with Crippen LogP contribution in [0.25, 0.3) is 11.3 Å². The number of halogens is 2. The number of aromatic amines is 1. The second-order valence-corrected chi connectivity index (χ2v) is 7.61. The third-order valence-corrected chi connectivity index (χ3v) is 5.84. The van der Waals surface area contributed by atoms with E-state index in [1.54, 1.807) is 30.3 Å². The van der Waals surface area contributed by atoms with Crippen LogP contribution in [-0.4, -0.2) is 31.5 Å². The first-order chi connectivity index (χ1) is 15.4. The summed E-state index contributed by atoms with van der Waals surface area (Å²) < 4.78 is 22.0. The molecule has 10 heteroatoms. The Morgan fingerprint density at radius 3 is 2.22 bits per heavy atom. The van der Waals surface area contributed by atoms with Gasteiger partial charge in [0.1, 0.15) is 11.6 Å². The minimum Gasteiger partial charge on any atom is -0.493 e. The first kappa shape index (κ1) is 21.7. The van der Waals surface area contributed by atoms with Crippen molar-refractivity contribution in [3.05, 3.63) is 63.0 Å². The predicted octanol–water partition coefficient (Wildman–Crippen LogP) is 4.63. The molecule has 8 nitrogen and oxygen atoms in total. The molecule has 0 saturated heterocycles. The molecule has 2 heterocycles. The van der Waals surface area contributed by atoms with E-state index in [0.717, 1.165) is 0 Å². The molecule has 0 saturated carbocycles. The van der Waals surface area contributed by atoms with Crippen LogP contribution in [0.15, 0.2) is 41.8 Å². The van der Waals surface area contributed by atoms with E-state index in [4.69, 9.17) is 47.9 Å². The van der Waals surface area contributed by atoms with Crippen LogP contribution in [0.2, 0.25) is 10.0 Å². The van der Waals surface area contributed by atoms with Crippen molar-refractivity contribution in [1.29, 1.82) is 5.26 Å². The Morgan fingerprint density at radius 2 is 1.69 bits per heavy atom. The van der Waals surface area contributed by atoms with Gasteiger partial charge >= 0.3 is 0 Å². The smallest absolute Gasteiger partial charge is 0.244 e. The first-order valence-electron chi connectivity index (χ1n) is 9.35. The number of methoxy groups -OCH3 is 3. The predicted molar refractivity (Wildman–Crippen MR) is 119 cm³/mol. The van der Waals surface area contributed by atoms with E-state index in [1.165, 1.54) is 21.3 Å². The van der Waals surface area contributed by atoms with Crippen LogP contribution in [0.5, 0.6) is 23.1 Å². The molecule has 1 atom stereocenters. The van der Waals surface area contributed by atoms with Gasteiger partial charge in [0.05, 0.1) is 38.5 Å². The second-order valence-electron chi connectivity index (χ2n) is 6.79. The summed E-state index contributed by atoms with van der Waals surface area (Å²) in [7, 11) is 4.57. The van der Waals surface area contributed by atoms with E-state index >= 15 is 0 Å². The lowest BCUT2D eigenvalue weighted by atomic mass is 9.83. The normalized spacial score (nSPS) is 14.9. The van der Waals surface area contributed by atoms with Crippen molar-refractivity contribution in [3.8, 4) is 40.5 Å². The Balaban J connectivity index is 2.01. The molecule has 0 bridgehead atoms. The molecule has 3 N–H and O–H groups in total. The number of benzene rings is 2. The summed E-state index contributed by atoms with van der Waals surface area (Å²) >= 11 is 13.0. The minimum absolute atomic E-state index is 0.0658. The molecule has 32 heavy (non-hydrogen) atoms. The average Bonchev–Trinajstić information content (AvgIpc) is 3.21. The molecule has 2 aromatic carbocycles. The highest BCUT2D eigenvalue weighted by Gasteiger charge is 2.38. The molecule has 164 valence electrons. The largest absolute Gasteiger partial charge is 0.493 e. The lowest BCUT2D eigenvalue weighted by molar-refractivity contribution is 0.324. The van der Waals surface area contributed by atoms with Gasteiger partial charge < -0.3 is 24.7 Å². The monoisotopic (exact) mass is 472 g/mol. The third-order valence-electron chi connectivity index (χ3n) is 5.18. The number of fused-ring (bicyclic) bond motifs is 1. The molecule has 0 radical (unpaired) electrons. The Hall–Kier alpha value is -3.54. The zero-order valence-electron chi connectivity index (χ0n) is 17.3. The molecule has 1 aromatic heterocycles. The first-order valence-corrected chi connectivity index (χ1v) is 10.1. The maximum absolute atomic E-state index is 9.89. The Morgan fingerprint density at radius 1 is 1.06 bits per heavy atom. The van der Waals surface area contributed by atoms with Crippen LogP contribution in [0.1, 0.15) is 17.0 Å². The zero-order chi connectivity index (χ0) is 23.0. The molecule has 1 aliphatic heterocycles. The molecule has 0 unspecified atom stereocenters. The Kier molecular flexibility index (Phi) is 5.78. The van der Waals surface area contributed by atoms with Gasteiger partial charge in [-0.25, -0.2) is 0 Å². The molecule has 0 aliphatic carbocycles. The van der Waals surface area contributed by atoms with E-state index in [1.807, 2.05) is 0 Å². The fourth-order valence-corrected chi connectivity index (χ4v) is 4.38. The summed E-state index contributed by atoms with van der Waals surface area (Å²) in [5, 5.41) is 17.9. The van der Waals surface area contributed by atoms with Gasteiger partial charge in [0.25, 0.3) is 0 Å². The SMILES string of the molecule is COc1cc(-c2[nH]nc3c2[C@@H](c2c(Cl)cccc2Cl)C(C#N)=C(N)O3)cc(OC)c1OC. The average molecular weight is 473 g/mol. The number of H-pyrrole nitrogens is 1. The number of nitrogens with two attached hydrogens (primary N) is 1. The van der Waals surface area contributed by atoms with Crippen molar-refractivity contribution in [2.45, 2.75) is 5.92 Å². The van der Waals surface area contributed by atoms with Crippen LogP contribution in [-0.2, 0) is 0 Å². The minimum atomic E-state index is -0.710.